The first-order chi connectivity index (χ1) is 32.2. The van der Waals surface area contributed by atoms with Crippen LogP contribution in [0.4, 0.5) is 9.18 Å². The van der Waals surface area contributed by atoms with Crippen molar-refractivity contribution in [3.05, 3.63) is 148 Å². The average molecular weight is 946 g/mol. The topological polar surface area (TPSA) is 141 Å². The predicted octanol–water partition coefficient (Wildman–Crippen LogP) is 11.6. The number of benzene rings is 3. The van der Waals surface area contributed by atoms with E-state index in [1.807, 2.05) is 99.4 Å². The van der Waals surface area contributed by atoms with Crippen molar-refractivity contribution in [2.24, 2.45) is 11.8 Å². The van der Waals surface area contributed by atoms with E-state index in [0.29, 0.717) is 32.5 Å². The van der Waals surface area contributed by atoms with Gasteiger partial charge in [-0.15, -0.1) is 13.2 Å². The standard InChI is InChI=1S/C54H64FN3O9Si/c1-11-25-57(26-12-2)45-38-29-35-28-37-42(40(63-31-33-20-15-13-16-21-33)30-36(44(37)55)39-24-19-27-58(39)51(62)65-52(3,4)5)46(59)41(35)48(60)54(38,67-68(9,10)53(6,7)8)49(61)43-47(45)66-56-50(43)64-32-34-22-17-14-18-23-34/h11-18,20-23,30,35,38-39,45,60H,1-2,19,24-29,31-32H2,3-10H3/t35-,38-,39?,45-,54-/m0/s1. The minimum Gasteiger partial charge on any atom is -0.508 e. The first-order valence-electron chi connectivity index (χ1n) is 23.6. The zero-order valence-corrected chi connectivity index (χ0v) is 41.5. The SMILES string of the molecule is C=CCN(CC=C)[C@@H]1c2onc(OCc3ccccc3)c2C(=O)[C@@]2(O[Si](C)(C)C(C)(C)C)C(O)=C3C(=O)c4c(OCc5ccccc5)cc(C5CCCN5C(=O)OC(C)(C)C)c(F)c4C[C@H]3C[C@@H]12. The van der Waals surface area contributed by atoms with Gasteiger partial charge in [0.2, 0.25) is 5.78 Å². The van der Waals surface area contributed by atoms with Gasteiger partial charge in [0.15, 0.2) is 25.5 Å². The number of aliphatic hydroxyl groups is 1. The van der Waals surface area contributed by atoms with Gasteiger partial charge in [0.25, 0.3) is 5.88 Å². The summed E-state index contributed by atoms with van der Waals surface area (Å²) < 4.78 is 49.9. The van der Waals surface area contributed by atoms with Gasteiger partial charge >= 0.3 is 6.09 Å². The number of rotatable bonds is 14. The van der Waals surface area contributed by atoms with Crippen molar-refractivity contribution < 1.29 is 47.0 Å². The number of carbonyl (C=O) groups excluding carboxylic acids is 3. The van der Waals surface area contributed by atoms with Crippen LogP contribution in [0.1, 0.15) is 122 Å². The average Bonchev–Trinajstić information content (AvgIpc) is 3.95. The van der Waals surface area contributed by atoms with Crippen molar-refractivity contribution in [3.8, 4) is 11.6 Å². The Morgan fingerprint density at radius 2 is 1.59 bits per heavy atom. The first kappa shape index (κ1) is 48.6. The second kappa shape index (κ2) is 18.6. The first-order valence-corrected chi connectivity index (χ1v) is 26.5. The zero-order valence-electron chi connectivity index (χ0n) is 40.5. The van der Waals surface area contributed by atoms with Gasteiger partial charge in [-0.25, -0.2) is 9.18 Å². The van der Waals surface area contributed by atoms with E-state index < -0.39 is 77.7 Å². The number of ketones is 2. The molecule has 3 aromatic carbocycles. The number of allylic oxidation sites excluding steroid dienone is 1. The van der Waals surface area contributed by atoms with E-state index in [2.05, 4.69) is 18.3 Å². The maximum Gasteiger partial charge on any atom is 0.410 e. The normalized spacial score (nSPS) is 22.6. The molecule has 68 heavy (non-hydrogen) atoms. The summed E-state index contributed by atoms with van der Waals surface area (Å²) in [7, 11) is -3.06. The lowest BCUT2D eigenvalue weighted by Crippen LogP contribution is -2.65. The van der Waals surface area contributed by atoms with Gasteiger partial charge in [-0.2, -0.15) is 0 Å². The van der Waals surface area contributed by atoms with Gasteiger partial charge in [0.1, 0.15) is 41.7 Å². The quantitative estimate of drug-likeness (QED) is 0.0954. The summed E-state index contributed by atoms with van der Waals surface area (Å²) in [6.07, 6.45) is 4.09. The molecule has 4 aromatic rings. The van der Waals surface area contributed by atoms with Crippen molar-refractivity contribution in [2.45, 2.75) is 122 Å². The van der Waals surface area contributed by atoms with E-state index in [-0.39, 0.29) is 71.3 Å². The molecule has 1 amide bonds. The number of fused-ring (bicyclic) bond motifs is 4. The van der Waals surface area contributed by atoms with E-state index in [1.54, 1.807) is 37.8 Å². The molecule has 1 fully saturated rings. The molecule has 8 rings (SSSR count). The maximum atomic E-state index is 17.8. The van der Waals surface area contributed by atoms with Crippen LogP contribution in [-0.4, -0.2) is 76.9 Å². The number of aromatic nitrogens is 1. The van der Waals surface area contributed by atoms with Gasteiger partial charge < -0.3 is 33.2 Å². The summed E-state index contributed by atoms with van der Waals surface area (Å²) in [6, 6.07) is 18.9. The number of hydrogen-bond acceptors (Lipinski definition) is 11. The molecule has 2 heterocycles. The molecule has 0 bridgehead atoms. The monoisotopic (exact) mass is 945 g/mol. The Labute approximate surface area is 399 Å². The fraction of sp³-hybridized carbons (Fsp3) is 0.444. The molecule has 0 saturated carbocycles. The number of hydrogen-bond donors (Lipinski definition) is 1. The molecule has 0 spiro atoms. The van der Waals surface area contributed by atoms with E-state index in [0.717, 1.165) is 11.1 Å². The van der Waals surface area contributed by atoms with Crippen LogP contribution in [0.3, 0.4) is 0 Å². The summed E-state index contributed by atoms with van der Waals surface area (Å²) >= 11 is 0. The van der Waals surface area contributed by atoms with Crippen LogP contribution < -0.4 is 9.47 Å². The molecule has 1 aliphatic heterocycles. The number of ether oxygens (including phenoxy) is 3. The Bertz CT molecular complexity index is 2620. The van der Waals surface area contributed by atoms with Crippen molar-refractivity contribution in [1.82, 2.24) is 15.0 Å². The lowest BCUT2D eigenvalue weighted by atomic mass is 9.58. The third-order valence-corrected chi connectivity index (χ3v) is 18.7. The molecule has 0 radical (unpaired) electrons. The van der Waals surface area contributed by atoms with Gasteiger partial charge in [0, 0.05) is 42.3 Å². The fourth-order valence-electron chi connectivity index (χ4n) is 10.2. The molecule has 1 saturated heterocycles. The zero-order chi connectivity index (χ0) is 48.9. The Kier molecular flexibility index (Phi) is 13.3. The van der Waals surface area contributed by atoms with Crippen LogP contribution in [0, 0.1) is 17.7 Å². The molecule has 3 aliphatic carbocycles. The molecular weight excluding hydrogens is 882 g/mol. The third-order valence-electron chi connectivity index (χ3n) is 14.3. The second-order valence-corrected chi connectivity index (χ2v) is 25.7. The molecule has 14 heteroatoms. The lowest BCUT2D eigenvalue weighted by Gasteiger charge is -2.55. The van der Waals surface area contributed by atoms with E-state index >= 15 is 14.0 Å². The molecule has 4 aliphatic rings. The van der Waals surface area contributed by atoms with Crippen LogP contribution in [0.15, 0.2) is 108 Å². The Balaban J connectivity index is 1.34. The van der Waals surface area contributed by atoms with Gasteiger partial charge in [-0.3, -0.25) is 14.5 Å². The summed E-state index contributed by atoms with van der Waals surface area (Å²) in [4.78, 5) is 48.8. The van der Waals surface area contributed by atoms with Crippen molar-refractivity contribution in [1.29, 1.82) is 0 Å². The van der Waals surface area contributed by atoms with Crippen LogP contribution in [0.25, 0.3) is 0 Å². The molecule has 360 valence electrons. The highest BCUT2D eigenvalue weighted by molar-refractivity contribution is 6.74. The molecule has 12 nitrogen and oxygen atoms in total. The number of carbonyl (C=O) groups is 3. The van der Waals surface area contributed by atoms with Crippen molar-refractivity contribution in [2.75, 3.05) is 19.6 Å². The number of likely N-dealkylation sites (tertiary alicyclic amines) is 1. The van der Waals surface area contributed by atoms with Crippen LogP contribution in [0.5, 0.6) is 11.6 Å². The van der Waals surface area contributed by atoms with E-state index in [4.69, 9.17) is 23.2 Å². The summed E-state index contributed by atoms with van der Waals surface area (Å²) in [5.74, 6) is -3.82. The minimum atomic E-state index is -3.06. The van der Waals surface area contributed by atoms with Gasteiger partial charge in [0.05, 0.1) is 17.6 Å². The lowest BCUT2D eigenvalue weighted by molar-refractivity contribution is -0.0525. The molecule has 5 atom stereocenters. The minimum absolute atomic E-state index is 0.0157. The van der Waals surface area contributed by atoms with Crippen molar-refractivity contribution >= 4 is 26.0 Å². The molecule has 1 aromatic heterocycles. The number of aliphatic hydroxyl groups excluding tert-OH is 1. The highest BCUT2D eigenvalue weighted by Crippen LogP contribution is 2.60. The smallest absolute Gasteiger partial charge is 0.410 e. The van der Waals surface area contributed by atoms with E-state index in [9.17, 15) is 9.90 Å². The molecule has 1 unspecified atom stereocenters. The van der Waals surface area contributed by atoms with E-state index in [1.165, 1.54) is 6.07 Å². The summed E-state index contributed by atoms with van der Waals surface area (Å²) in [5, 5.41) is 17.2. The number of Topliss-reactive ketones (excluding diaryl/α,β-unsaturated/α-hetero) is 2. The predicted molar refractivity (Wildman–Crippen MR) is 259 cm³/mol. The molecular formula is C54H64FN3O9Si. The van der Waals surface area contributed by atoms with Crippen molar-refractivity contribution in [3.63, 3.8) is 0 Å². The number of halogens is 1. The van der Waals surface area contributed by atoms with Gasteiger partial charge in [-0.1, -0.05) is 93.6 Å². The van der Waals surface area contributed by atoms with Crippen LogP contribution >= 0.6 is 0 Å². The second-order valence-electron chi connectivity index (χ2n) is 21.0. The Morgan fingerprint density at radius 1 is 0.971 bits per heavy atom. The highest BCUT2D eigenvalue weighted by atomic mass is 28.4. The Hall–Kier alpha value is -5.83. The van der Waals surface area contributed by atoms with Gasteiger partial charge in [-0.05, 0) is 92.9 Å². The molecule has 1 N–H and O–H groups in total. The maximum absolute atomic E-state index is 17.8. The summed E-state index contributed by atoms with van der Waals surface area (Å²) in [5.41, 5.74) is -0.982. The largest absolute Gasteiger partial charge is 0.508 e. The highest BCUT2D eigenvalue weighted by Gasteiger charge is 2.67. The number of nitrogens with zero attached hydrogens (tertiary/aromatic N) is 3. The van der Waals surface area contributed by atoms with Crippen LogP contribution in [0.2, 0.25) is 18.1 Å². The fourth-order valence-corrected chi connectivity index (χ4v) is 11.6. The Morgan fingerprint density at radius 3 is 2.18 bits per heavy atom. The summed E-state index contributed by atoms with van der Waals surface area (Å²) in [6.45, 7) is 24.7. The third kappa shape index (κ3) is 8.75. The number of amides is 1. The van der Waals surface area contributed by atoms with Crippen LogP contribution in [-0.2, 0) is 28.8 Å².